The van der Waals surface area contributed by atoms with Gasteiger partial charge in [0.2, 0.25) is 10.0 Å². The topological polar surface area (TPSA) is 83.5 Å². The fourth-order valence-corrected chi connectivity index (χ4v) is 4.04. The maximum atomic E-state index is 11.9. The van der Waals surface area contributed by atoms with Crippen molar-refractivity contribution in [1.82, 2.24) is 4.72 Å². The molecule has 0 aromatic heterocycles. The smallest absolute Gasteiger partial charge is 0.305 e. The van der Waals surface area contributed by atoms with Crippen molar-refractivity contribution in [1.29, 1.82) is 0 Å². The van der Waals surface area contributed by atoms with Crippen molar-refractivity contribution in [3.8, 4) is 0 Å². The van der Waals surface area contributed by atoms with E-state index in [4.69, 9.17) is 5.11 Å². The third kappa shape index (κ3) is 3.75. The zero-order chi connectivity index (χ0) is 12.4. The van der Waals surface area contributed by atoms with Gasteiger partial charge in [0.25, 0.3) is 0 Å². The van der Waals surface area contributed by atoms with E-state index in [1.165, 1.54) is 0 Å². The van der Waals surface area contributed by atoms with Gasteiger partial charge in [-0.2, -0.15) is 0 Å². The number of sulfonamides is 1. The first-order chi connectivity index (χ1) is 7.23. The Bertz CT molecular complexity index is 355. The van der Waals surface area contributed by atoms with Gasteiger partial charge < -0.3 is 5.11 Å². The lowest BCUT2D eigenvalue weighted by atomic mass is 10.0. The van der Waals surface area contributed by atoms with Crippen molar-refractivity contribution in [3.63, 3.8) is 0 Å². The van der Waals surface area contributed by atoms with E-state index in [9.17, 15) is 13.2 Å². The Hall–Kier alpha value is -0.620. The summed E-state index contributed by atoms with van der Waals surface area (Å²) in [6.07, 6.45) is 3.02. The van der Waals surface area contributed by atoms with Crippen molar-refractivity contribution >= 4 is 16.0 Å². The fraction of sp³-hybridized carbons (Fsp3) is 0.900. The minimum atomic E-state index is -3.38. The van der Waals surface area contributed by atoms with Crippen LogP contribution in [0.5, 0.6) is 0 Å². The maximum Gasteiger partial charge on any atom is 0.305 e. The number of carboxylic acid groups (broad SMARTS) is 1. The van der Waals surface area contributed by atoms with Crippen LogP contribution in [0, 0.1) is 0 Å². The Morgan fingerprint density at radius 3 is 2.31 bits per heavy atom. The first-order valence-electron chi connectivity index (χ1n) is 5.47. The Kier molecular flexibility index (Phi) is 3.96. The molecule has 0 bridgehead atoms. The van der Waals surface area contributed by atoms with Gasteiger partial charge in [0.1, 0.15) is 0 Å². The van der Waals surface area contributed by atoms with Gasteiger partial charge in [-0.1, -0.05) is 12.8 Å². The normalized spacial score (nSPS) is 18.9. The Morgan fingerprint density at radius 2 is 1.88 bits per heavy atom. The predicted octanol–water partition coefficient (Wildman–Crippen LogP) is 1.10. The van der Waals surface area contributed by atoms with Crippen molar-refractivity contribution in [3.05, 3.63) is 0 Å². The molecular formula is C10H19NO4S. The lowest BCUT2D eigenvalue weighted by Crippen LogP contribution is -2.48. The van der Waals surface area contributed by atoms with E-state index in [-0.39, 0.29) is 11.7 Å². The summed E-state index contributed by atoms with van der Waals surface area (Å²) in [6, 6.07) is 0. The molecule has 0 spiro atoms. The van der Waals surface area contributed by atoms with Gasteiger partial charge in [-0.3, -0.25) is 4.79 Å². The first-order valence-corrected chi connectivity index (χ1v) is 7.02. The monoisotopic (exact) mass is 249 g/mol. The first kappa shape index (κ1) is 13.4. The number of hydrogen-bond acceptors (Lipinski definition) is 3. The van der Waals surface area contributed by atoms with Gasteiger partial charge in [0.15, 0.2) is 0 Å². The predicted molar refractivity (Wildman–Crippen MR) is 60.6 cm³/mol. The van der Waals surface area contributed by atoms with Crippen LogP contribution in [0.2, 0.25) is 0 Å². The van der Waals surface area contributed by atoms with E-state index in [2.05, 4.69) is 4.72 Å². The molecule has 0 amide bonds. The third-order valence-corrected chi connectivity index (χ3v) is 4.94. The summed E-state index contributed by atoms with van der Waals surface area (Å²) >= 11 is 0. The summed E-state index contributed by atoms with van der Waals surface area (Å²) in [5, 5.41) is 8.33. The Morgan fingerprint density at radius 1 is 1.38 bits per heavy atom. The molecule has 1 fully saturated rings. The highest BCUT2D eigenvalue weighted by molar-refractivity contribution is 7.90. The molecule has 0 atom stereocenters. The zero-order valence-corrected chi connectivity index (χ0v) is 10.5. The minimum absolute atomic E-state index is 0.209. The standard InChI is InChI=1S/C10H19NO4S/c1-10(2,7-9(12)13)11-16(14,15)8-5-3-4-6-8/h8,11H,3-7H2,1-2H3,(H,12,13). The molecule has 1 aliphatic carbocycles. The molecule has 0 heterocycles. The molecule has 1 aliphatic rings. The van der Waals surface area contributed by atoms with Crippen LogP contribution in [0.4, 0.5) is 0 Å². The molecule has 5 nitrogen and oxygen atoms in total. The zero-order valence-electron chi connectivity index (χ0n) is 9.69. The molecule has 2 N–H and O–H groups in total. The van der Waals surface area contributed by atoms with Gasteiger partial charge in [-0.15, -0.1) is 0 Å². The van der Waals surface area contributed by atoms with Gasteiger partial charge in [-0.05, 0) is 26.7 Å². The van der Waals surface area contributed by atoms with Crippen LogP contribution >= 0.6 is 0 Å². The molecular weight excluding hydrogens is 230 g/mol. The number of rotatable bonds is 5. The van der Waals surface area contributed by atoms with Gasteiger partial charge in [0, 0.05) is 5.54 Å². The number of carbonyl (C=O) groups is 1. The average Bonchev–Trinajstić information content (AvgIpc) is 2.48. The molecule has 16 heavy (non-hydrogen) atoms. The van der Waals surface area contributed by atoms with Crippen LogP contribution in [0.15, 0.2) is 0 Å². The number of nitrogens with one attached hydrogen (secondary N) is 1. The molecule has 0 aliphatic heterocycles. The summed E-state index contributed by atoms with van der Waals surface area (Å²) in [6.45, 7) is 3.18. The summed E-state index contributed by atoms with van der Waals surface area (Å²) in [5.74, 6) is -1.00. The summed E-state index contributed by atoms with van der Waals surface area (Å²) in [7, 11) is -3.38. The molecule has 1 saturated carbocycles. The average molecular weight is 249 g/mol. The second-order valence-corrected chi connectivity index (χ2v) is 6.97. The lowest BCUT2D eigenvalue weighted by molar-refractivity contribution is -0.138. The van der Waals surface area contributed by atoms with Crippen molar-refractivity contribution in [2.45, 2.75) is 56.7 Å². The highest BCUT2D eigenvalue weighted by atomic mass is 32.2. The second-order valence-electron chi connectivity index (χ2n) is 5.01. The molecule has 1 rings (SSSR count). The quantitative estimate of drug-likeness (QED) is 0.764. The summed E-state index contributed by atoms with van der Waals surface area (Å²) < 4.78 is 26.3. The van der Waals surface area contributed by atoms with E-state index >= 15 is 0 Å². The van der Waals surface area contributed by atoms with Crippen LogP contribution in [0.25, 0.3) is 0 Å². The maximum absolute atomic E-state index is 11.9. The minimum Gasteiger partial charge on any atom is -0.481 e. The number of hydrogen-bond donors (Lipinski definition) is 2. The highest BCUT2D eigenvalue weighted by Crippen LogP contribution is 2.25. The van der Waals surface area contributed by atoms with Crippen LogP contribution in [0.3, 0.4) is 0 Å². The van der Waals surface area contributed by atoms with Crippen LogP contribution in [0.1, 0.15) is 46.0 Å². The van der Waals surface area contributed by atoms with Gasteiger partial charge in [0.05, 0.1) is 11.7 Å². The molecule has 94 valence electrons. The van der Waals surface area contributed by atoms with Gasteiger partial charge >= 0.3 is 5.97 Å². The third-order valence-electron chi connectivity index (χ3n) is 2.75. The highest BCUT2D eigenvalue weighted by Gasteiger charge is 2.34. The SMILES string of the molecule is CC(C)(CC(=O)O)NS(=O)(=O)C1CCCC1. The number of carboxylic acids is 1. The van der Waals surface area contributed by atoms with E-state index < -0.39 is 21.5 Å². The molecule has 0 aromatic carbocycles. The van der Waals surface area contributed by atoms with Crippen LogP contribution in [-0.2, 0) is 14.8 Å². The Labute approximate surface area is 96.3 Å². The van der Waals surface area contributed by atoms with Crippen molar-refractivity contribution in [2.75, 3.05) is 0 Å². The lowest BCUT2D eigenvalue weighted by Gasteiger charge is -2.26. The van der Waals surface area contributed by atoms with E-state index in [1.54, 1.807) is 13.8 Å². The fourth-order valence-electron chi connectivity index (χ4n) is 2.08. The van der Waals surface area contributed by atoms with Gasteiger partial charge in [-0.25, -0.2) is 13.1 Å². The molecule has 0 radical (unpaired) electrons. The number of aliphatic carboxylic acids is 1. The van der Waals surface area contributed by atoms with Crippen molar-refractivity contribution in [2.24, 2.45) is 0 Å². The molecule has 6 heteroatoms. The molecule has 0 saturated heterocycles. The van der Waals surface area contributed by atoms with Crippen molar-refractivity contribution < 1.29 is 18.3 Å². The second kappa shape index (κ2) is 4.71. The summed E-state index contributed by atoms with van der Waals surface area (Å²) in [5.41, 5.74) is -0.923. The Balaban J connectivity index is 2.67. The summed E-state index contributed by atoms with van der Waals surface area (Å²) in [4.78, 5) is 10.6. The van der Waals surface area contributed by atoms with E-state index in [1.807, 2.05) is 0 Å². The van der Waals surface area contributed by atoms with Crippen LogP contribution < -0.4 is 4.72 Å². The molecule has 0 unspecified atom stereocenters. The van der Waals surface area contributed by atoms with Crippen LogP contribution in [-0.4, -0.2) is 30.3 Å². The molecule has 0 aromatic rings. The van der Waals surface area contributed by atoms with E-state index in [0.29, 0.717) is 12.8 Å². The largest absolute Gasteiger partial charge is 0.481 e. The van der Waals surface area contributed by atoms with E-state index in [0.717, 1.165) is 12.8 Å².